The van der Waals surface area contributed by atoms with Crippen LogP contribution < -0.4 is 10.1 Å². The third-order valence-corrected chi connectivity index (χ3v) is 5.07. The minimum Gasteiger partial charge on any atom is -0.487 e. The molecule has 0 unspecified atom stereocenters. The molecule has 0 aromatic heterocycles. The number of carbonyl (C=O) groups is 1. The molecule has 0 atom stereocenters. The second-order valence-corrected chi connectivity index (χ2v) is 7.81. The number of carbonyl (C=O) groups excluding carboxylic acids is 1. The van der Waals surface area contributed by atoms with Crippen LogP contribution in [0, 0.1) is 7.14 Å². The summed E-state index contributed by atoms with van der Waals surface area (Å²) in [6.45, 7) is 4.11. The summed E-state index contributed by atoms with van der Waals surface area (Å²) in [4.78, 5) is 12.3. The van der Waals surface area contributed by atoms with E-state index in [1.54, 1.807) is 6.08 Å². The van der Waals surface area contributed by atoms with E-state index >= 15 is 0 Å². The van der Waals surface area contributed by atoms with Crippen molar-refractivity contribution in [3.63, 3.8) is 0 Å². The zero-order valence-corrected chi connectivity index (χ0v) is 16.1. The van der Waals surface area contributed by atoms with Crippen LogP contribution >= 0.6 is 69.2 Å². The predicted molar refractivity (Wildman–Crippen MR) is 104 cm³/mol. The first-order chi connectivity index (χ1) is 9.51. The molecule has 1 aromatic rings. The van der Waals surface area contributed by atoms with E-state index in [0.717, 1.165) is 18.5 Å². The summed E-state index contributed by atoms with van der Waals surface area (Å²) in [5, 5.41) is 2.60. The molecule has 1 heterocycles. The monoisotopic (exact) mass is 529 g/mol. The van der Waals surface area contributed by atoms with Gasteiger partial charge in [-0.05, 0) is 69.0 Å². The largest absolute Gasteiger partial charge is 0.487 e. The lowest BCUT2D eigenvalue weighted by molar-refractivity contribution is -0.115. The SMILES string of the molecule is C=CCOc1c(I)cc(/C=C2/SC(=S)NC2=O)cc1I. The van der Waals surface area contributed by atoms with Gasteiger partial charge in [-0.3, -0.25) is 4.79 Å². The molecule has 104 valence electrons. The number of thiocarbonyl (C=S) groups is 1. The van der Waals surface area contributed by atoms with Crippen LogP contribution in [0.15, 0.2) is 29.7 Å². The first-order valence-corrected chi connectivity index (χ1v) is 8.87. The molecule has 0 saturated carbocycles. The van der Waals surface area contributed by atoms with Gasteiger partial charge in [0.15, 0.2) is 0 Å². The zero-order valence-electron chi connectivity index (χ0n) is 10.1. The molecule has 3 nitrogen and oxygen atoms in total. The van der Waals surface area contributed by atoms with Gasteiger partial charge in [0.2, 0.25) is 0 Å². The molecule has 7 heteroatoms. The predicted octanol–water partition coefficient (Wildman–Crippen LogP) is 3.95. The highest BCUT2D eigenvalue weighted by Crippen LogP contribution is 2.32. The van der Waals surface area contributed by atoms with Crippen LogP contribution in [0.5, 0.6) is 5.75 Å². The molecule has 1 aliphatic rings. The van der Waals surface area contributed by atoms with Crippen LogP contribution in [0.1, 0.15) is 5.56 Å². The van der Waals surface area contributed by atoms with Crippen molar-refractivity contribution in [2.45, 2.75) is 0 Å². The Morgan fingerprint density at radius 3 is 2.55 bits per heavy atom. The van der Waals surface area contributed by atoms with E-state index in [0.29, 0.717) is 15.8 Å². The molecule has 0 radical (unpaired) electrons. The van der Waals surface area contributed by atoms with Gasteiger partial charge in [-0.1, -0.05) is 36.6 Å². The molecule has 2 rings (SSSR count). The number of halogens is 2. The lowest BCUT2D eigenvalue weighted by Gasteiger charge is -2.09. The summed E-state index contributed by atoms with van der Waals surface area (Å²) in [7, 11) is 0. The molecule has 1 aromatic carbocycles. The summed E-state index contributed by atoms with van der Waals surface area (Å²) >= 11 is 10.7. The fourth-order valence-corrected chi connectivity index (χ4v) is 4.69. The standard InChI is InChI=1S/C13H9I2NO2S2/c1-2-3-18-11-8(14)4-7(5-9(11)15)6-10-12(17)16-13(19)20-10/h2,4-6H,1,3H2,(H,16,17,19)/b10-6+. The van der Waals surface area contributed by atoms with Crippen LogP contribution in [-0.4, -0.2) is 16.8 Å². The molecule has 20 heavy (non-hydrogen) atoms. The average molecular weight is 529 g/mol. The number of benzene rings is 1. The van der Waals surface area contributed by atoms with Crippen LogP contribution in [-0.2, 0) is 4.79 Å². The first kappa shape index (κ1) is 16.2. The number of amides is 1. The number of rotatable bonds is 4. The van der Waals surface area contributed by atoms with Crippen molar-refractivity contribution in [3.8, 4) is 5.75 Å². The molecule has 0 aliphatic carbocycles. The second kappa shape index (κ2) is 7.23. The van der Waals surface area contributed by atoms with Crippen molar-refractivity contribution < 1.29 is 9.53 Å². The number of ether oxygens (including phenoxy) is 1. The highest BCUT2D eigenvalue weighted by molar-refractivity contribution is 14.1. The van der Waals surface area contributed by atoms with Gasteiger partial charge in [0.1, 0.15) is 16.7 Å². The van der Waals surface area contributed by atoms with E-state index in [-0.39, 0.29) is 5.91 Å². The van der Waals surface area contributed by atoms with E-state index < -0.39 is 0 Å². The zero-order chi connectivity index (χ0) is 14.7. The molecular formula is C13H9I2NO2S2. The highest BCUT2D eigenvalue weighted by atomic mass is 127. The van der Waals surface area contributed by atoms with Gasteiger partial charge in [-0.15, -0.1) is 0 Å². The highest BCUT2D eigenvalue weighted by Gasteiger charge is 2.22. The third-order valence-electron chi connectivity index (χ3n) is 2.31. The Labute approximate surface area is 153 Å². The maximum atomic E-state index is 11.6. The topological polar surface area (TPSA) is 38.3 Å². The van der Waals surface area contributed by atoms with Crippen LogP contribution in [0.2, 0.25) is 0 Å². The number of nitrogens with one attached hydrogen (secondary N) is 1. The van der Waals surface area contributed by atoms with Gasteiger partial charge in [-0.25, -0.2) is 0 Å². The van der Waals surface area contributed by atoms with E-state index in [2.05, 4.69) is 57.1 Å². The maximum absolute atomic E-state index is 11.6. The summed E-state index contributed by atoms with van der Waals surface area (Å²) < 4.78 is 8.11. The molecule has 0 bridgehead atoms. The Hall–Kier alpha value is -0.130. The quantitative estimate of drug-likeness (QED) is 0.278. The van der Waals surface area contributed by atoms with Gasteiger partial charge in [0.05, 0.1) is 12.0 Å². The van der Waals surface area contributed by atoms with Gasteiger partial charge in [0, 0.05) is 0 Å². The van der Waals surface area contributed by atoms with E-state index in [1.807, 2.05) is 18.2 Å². The van der Waals surface area contributed by atoms with Crippen molar-refractivity contribution >= 4 is 85.5 Å². The normalized spacial score (nSPS) is 16.4. The Kier molecular flexibility index (Phi) is 5.87. The molecule has 1 N–H and O–H groups in total. The minimum atomic E-state index is -0.142. The van der Waals surface area contributed by atoms with Gasteiger partial charge < -0.3 is 10.1 Å². The van der Waals surface area contributed by atoms with Crippen LogP contribution in [0.4, 0.5) is 0 Å². The van der Waals surface area contributed by atoms with Crippen LogP contribution in [0.25, 0.3) is 6.08 Å². The molecule has 1 saturated heterocycles. The van der Waals surface area contributed by atoms with Gasteiger partial charge in [0.25, 0.3) is 5.91 Å². The molecular weight excluding hydrogens is 520 g/mol. The number of hydrogen-bond donors (Lipinski definition) is 1. The summed E-state index contributed by atoms with van der Waals surface area (Å²) in [5.74, 6) is 0.698. The Morgan fingerprint density at radius 1 is 1.40 bits per heavy atom. The van der Waals surface area contributed by atoms with Crippen molar-refractivity contribution in [2.24, 2.45) is 0 Å². The molecule has 1 fully saturated rings. The fourth-order valence-electron chi connectivity index (χ4n) is 1.52. The van der Waals surface area contributed by atoms with Crippen molar-refractivity contribution in [1.29, 1.82) is 0 Å². The van der Waals surface area contributed by atoms with Gasteiger partial charge in [-0.2, -0.15) is 0 Å². The lowest BCUT2D eigenvalue weighted by atomic mass is 10.2. The molecule has 0 spiro atoms. The smallest absolute Gasteiger partial charge is 0.263 e. The summed E-state index contributed by atoms with van der Waals surface area (Å²) in [5.41, 5.74) is 0.951. The minimum absolute atomic E-state index is 0.142. The maximum Gasteiger partial charge on any atom is 0.263 e. The average Bonchev–Trinajstić information content (AvgIpc) is 2.67. The Bertz CT molecular complexity index is 606. The summed E-state index contributed by atoms with van der Waals surface area (Å²) in [6, 6.07) is 3.95. The van der Waals surface area contributed by atoms with Crippen LogP contribution in [0.3, 0.4) is 0 Å². The van der Waals surface area contributed by atoms with Crippen molar-refractivity contribution in [3.05, 3.63) is 42.4 Å². The van der Waals surface area contributed by atoms with Crippen molar-refractivity contribution in [2.75, 3.05) is 6.61 Å². The first-order valence-electron chi connectivity index (χ1n) is 5.49. The number of hydrogen-bond acceptors (Lipinski definition) is 4. The van der Waals surface area contributed by atoms with E-state index in [1.165, 1.54) is 11.8 Å². The Morgan fingerprint density at radius 2 is 2.05 bits per heavy atom. The second-order valence-electron chi connectivity index (χ2n) is 3.77. The van der Waals surface area contributed by atoms with E-state index in [4.69, 9.17) is 17.0 Å². The van der Waals surface area contributed by atoms with Gasteiger partial charge >= 0.3 is 0 Å². The lowest BCUT2D eigenvalue weighted by Crippen LogP contribution is -2.17. The van der Waals surface area contributed by atoms with Crippen molar-refractivity contribution in [1.82, 2.24) is 5.32 Å². The molecule has 1 aliphatic heterocycles. The fraction of sp³-hybridized carbons (Fsp3) is 0.0769. The molecule has 1 amide bonds. The summed E-state index contributed by atoms with van der Waals surface area (Å²) in [6.07, 6.45) is 3.55. The van der Waals surface area contributed by atoms with E-state index in [9.17, 15) is 4.79 Å². The number of thioether (sulfide) groups is 1. The third kappa shape index (κ3) is 3.95. The Balaban J connectivity index is 2.31.